The summed E-state index contributed by atoms with van der Waals surface area (Å²) in [5.74, 6) is -4.06. The Hall–Kier alpha value is -4.20. The predicted octanol–water partition coefficient (Wildman–Crippen LogP) is -0.884. The molecule has 0 fully saturated rings. The molecule has 42 heavy (non-hydrogen) atoms. The topological polar surface area (TPSA) is 207 Å². The number of carbonyl (C=O) groups excluding carboxylic acids is 6. The summed E-state index contributed by atoms with van der Waals surface area (Å²) in [6, 6.07) is 2.31. The molecule has 4 atom stereocenters. The maximum atomic E-state index is 13.3. The van der Waals surface area contributed by atoms with Gasteiger partial charge in [0.2, 0.25) is 29.5 Å². The Balaban J connectivity index is 2.44. The van der Waals surface area contributed by atoms with Gasteiger partial charge in [-0.1, -0.05) is 26.0 Å². The molecule has 1 heterocycles. The van der Waals surface area contributed by atoms with Gasteiger partial charge in [-0.05, 0) is 38.3 Å². The van der Waals surface area contributed by atoms with Crippen LogP contribution in [0.2, 0.25) is 0 Å². The molecule has 0 saturated carbocycles. The van der Waals surface area contributed by atoms with Crippen molar-refractivity contribution >= 4 is 35.4 Å². The molecule has 1 aromatic rings. The molecule has 1 aliphatic heterocycles. The van der Waals surface area contributed by atoms with E-state index in [0.29, 0.717) is 6.61 Å². The van der Waals surface area contributed by atoms with E-state index in [1.54, 1.807) is 45.9 Å². The van der Waals surface area contributed by atoms with Gasteiger partial charge < -0.3 is 41.8 Å². The Labute approximate surface area is 245 Å². The first-order valence-corrected chi connectivity index (χ1v) is 14.0. The summed E-state index contributed by atoms with van der Waals surface area (Å²) in [6.07, 6.45) is -0.893. The van der Waals surface area contributed by atoms with Crippen LogP contribution in [0.15, 0.2) is 24.3 Å². The van der Waals surface area contributed by atoms with Gasteiger partial charge in [0.15, 0.2) is 0 Å². The maximum absolute atomic E-state index is 13.3. The lowest BCUT2D eigenvalue weighted by Crippen LogP contribution is -2.57. The highest BCUT2D eigenvalue weighted by Gasteiger charge is 2.32. The number of fused-ring (bicyclic) bond motifs is 1. The van der Waals surface area contributed by atoms with Crippen LogP contribution in [0, 0.1) is 5.92 Å². The molecular formula is C28H42N6O8. The normalized spacial score (nSPS) is 22.4. The molecule has 0 aliphatic carbocycles. The second-order valence-electron chi connectivity index (χ2n) is 10.3. The Kier molecular flexibility index (Phi) is 13.7. The van der Waals surface area contributed by atoms with E-state index in [1.165, 1.54) is 6.07 Å². The van der Waals surface area contributed by atoms with Crippen molar-refractivity contribution in [1.82, 2.24) is 26.6 Å². The number of nitrogens with one attached hydrogen (secondary N) is 5. The van der Waals surface area contributed by atoms with Gasteiger partial charge in [0.25, 0.3) is 5.91 Å². The zero-order valence-electron chi connectivity index (χ0n) is 24.5. The second kappa shape index (κ2) is 16.9. The van der Waals surface area contributed by atoms with Crippen LogP contribution in [0.1, 0.15) is 57.3 Å². The van der Waals surface area contributed by atoms with Crippen molar-refractivity contribution in [1.29, 1.82) is 0 Å². The zero-order chi connectivity index (χ0) is 31.2. The van der Waals surface area contributed by atoms with Crippen molar-refractivity contribution in [2.75, 3.05) is 26.4 Å². The first-order valence-electron chi connectivity index (χ1n) is 14.0. The van der Waals surface area contributed by atoms with Crippen LogP contribution in [0.25, 0.3) is 0 Å². The molecule has 0 unspecified atom stereocenters. The van der Waals surface area contributed by atoms with Crippen LogP contribution < -0.4 is 37.1 Å². The number of para-hydroxylation sites is 1. The first-order chi connectivity index (χ1) is 19.9. The van der Waals surface area contributed by atoms with Crippen LogP contribution >= 0.6 is 0 Å². The highest BCUT2D eigenvalue weighted by atomic mass is 16.5. The van der Waals surface area contributed by atoms with Crippen LogP contribution in [0.5, 0.6) is 5.75 Å². The third kappa shape index (κ3) is 11.0. The molecule has 14 nitrogen and oxygen atoms in total. The lowest BCUT2D eigenvalue weighted by atomic mass is 10.0. The van der Waals surface area contributed by atoms with Crippen LogP contribution in [0.4, 0.5) is 0 Å². The molecule has 0 spiro atoms. The summed E-state index contributed by atoms with van der Waals surface area (Å²) >= 11 is 0. The number of benzene rings is 1. The largest absolute Gasteiger partial charge is 0.491 e. The molecule has 232 valence electrons. The van der Waals surface area contributed by atoms with Gasteiger partial charge in [-0.2, -0.15) is 0 Å². The summed E-state index contributed by atoms with van der Waals surface area (Å²) < 4.78 is 11.1. The monoisotopic (exact) mass is 590 g/mol. The van der Waals surface area contributed by atoms with Gasteiger partial charge >= 0.3 is 0 Å². The second-order valence-corrected chi connectivity index (χ2v) is 10.3. The van der Waals surface area contributed by atoms with Gasteiger partial charge in [-0.3, -0.25) is 28.8 Å². The Morgan fingerprint density at radius 1 is 1.07 bits per heavy atom. The number of rotatable bonds is 9. The minimum Gasteiger partial charge on any atom is -0.491 e. The van der Waals surface area contributed by atoms with E-state index in [0.717, 1.165) is 0 Å². The summed E-state index contributed by atoms with van der Waals surface area (Å²) in [5.41, 5.74) is 5.39. The molecule has 0 aromatic heterocycles. The fourth-order valence-corrected chi connectivity index (χ4v) is 4.11. The molecule has 1 aliphatic rings. The molecule has 6 amide bonds. The molecule has 7 N–H and O–H groups in total. The van der Waals surface area contributed by atoms with Gasteiger partial charge in [-0.25, -0.2) is 0 Å². The van der Waals surface area contributed by atoms with Crippen LogP contribution in [-0.2, 0) is 28.7 Å². The fourth-order valence-electron chi connectivity index (χ4n) is 4.11. The van der Waals surface area contributed by atoms with Gasteiger partial charge in [0.05, 0.1) is 24.6 Å². The van der Waals surface area contributed by atoms with E-state index >= 15 is 0 Å². The summed E-state index contributed by atoms with van der Waals surface area (Å²) in [6.45, 7) is 7.80. The lowest BCUT2D eigenvalue weighted by Gasteiger charge is -2.26. The number of hydrogen-bond donors (Lipinski definition) is 6. The Morgan fingerprint density at radius 2 is 1.79 bits per heavy atom. The zero-order valence-corrected chi connectivity index (χ0v) is 24.5. The number of hydrogen-bond acceptors (Lipinski definition) is 8. The van der Waals surface area contributed by atoms with E-state index in [4.69, 9.17) is 15.2 Å². The SMILES string of the molecule is CCOCCNC(=O)[C@@H]1CC(=O)N[C@@H](CCC(N)=O)C(=O)N[C@H](C(C)C)C(=O)N[C@@H](C)COc2ccccc2C(=O)N1. The van der Waals surface area contributed by atoms with Crippen molar-refractivity contribution in [2.24, 2.45) is 11.7 Å². The van der Waals surface area contributed by atoms with E-state index in [2.05, 4.69) is 26.6 Å². The molecule has 1 aromatic carbocycles. The average Bonchev–Trinajstić information content (AvgIpc) is 2.93. The van der Waals surface area contributed by atoms with Crippen molar-refractivity contribution in [3.63, 3.8) is 0 Å². The minimum absolute atomic E-state index is 0.00256. The van der Waals surface area contributed by atoms with E-state index in [1.807, 2.05) is 0 Å². The first kappa shape index (κ1) is 34.0. The standard InChI is InChI=1S/C28H42N6O8/c1-5-41-13-12-30-26(38)20-14-23(36)32-19(10-11-22(29)35)27(39)34-24(16(2)3)28(40)31-17(4)15-42-21-9-7-6-8-18(21)25(37)33-20/h6-9,16-17,19-20,24H,5,10-15H2,1-4H3,(H2,29,35)(H,30,38)(H,31,40)(H,32,36)(H,33,37)(H,34,39)/t17-,19-,20-,24+/m0/s1. The lowest BCUT2D eigenvalue weighted by molar-refractivity contribution is -0.134. The number of primary amides is 1. The van der Waals surface area contributed by atoms with Gasteiger partial charge in [-0.15, -0.1) is 0 Å². The average molecular weight is 591 g/mol. The van der Waals surface area contributed by atoms with Crippen LogP contribution in [-0.4, -0.2) is 86.0 Å². The van der Waals surface area contributed by atoms with E-state index in [-0.39, 0.29) is 49.8 Å². The molecule has 0 radical (unpaired) electrons. The highest BCUT2D eigenvalue weighted by Crippen LogP contribution is 2.19. The van der Waals surface area contributed by atoms with Crippen molar-refractivity contribution in [3.05, 3.63) is 29.8 Å². The predicted molar refractivity (Wildman–Crippen MR) is 152 cm³/mol. The van der Waals surface area contributed by atoms with Crippen LogP contribution in [0.3, 0.4) is 0 Å². The third-order valence-corrected chi connectivity index (χ3v) is 6.35. The number of ether oxygens (including phenoxy) is 2. The molecular weight excluding hydrogens is 548 g/mol. The Bertz CT molecular complexity index is 1130. The summed E-state index contributed by atoms with van der Waals surface area (Å²) in [4.78, 5) is 77.2. The fraction of sp³-hybridized carbons (Fsp3) is 0.571. The molecule has 14 heteroatoms. The number of nitrogens with two attached hydrogens (primary N) is 1. The summed E-state index contributed by atoms with van der Waals surface area (Å²) in [5, 5.41) is 13.2. The van der Waals surface area contributed by atoms with Crippen molar-refractivity contribution < 1.29 is 38.2 Å². The molecule has 2 rings (SSSR count). The maximum Gasteiger partial charge on any atom is 0.255 e. The molecule has 0 bridgehead atoms. The minimum atomic E-state index is -1.33. The highest BCUT2D eigenvalue weighted by molar-refractivity contribution is 6.01. The smallest absolute Gasteiger partial charge is 0.255 e. The number of carbonyl (C=O) groups is 6. The number of amides is 6. The summed E-state index contributed by atoms with van der Waals surface area (Å²) in [7, 11) is 0. The van der Waals surface area contributed by atoms with Crippen molar-refractivity contribution in [2.45, 2.75) is 71.1 Å². The third-order valence-electron chi connectivity index (χ3n) is 6.35. The van der Waals surface area contributed by atoms with Gasteiger partial charge in [0, 0.05) is 19.6 Å². The van der Waals surface area contributed by atoms with Crippen molar-refractivity contribution in [3.8, 4) is 5.75 Å². The Morgan fingerprint density at radius 3 is 2.45 bits per heavy atom. The van der Waals surface area contributed by atoms with E-state index < -0.39 is 66.0 Å². The van der Waals surface area contributed by atoms with Gasteiger partial charge in [0.1, 0.15) is 30.5 Å². The quantitative estimate of drug-likeness (QED) is 0.199. The molecule has 0 saturated heterocycles. The van der Waals surface area contributed by atoms with E-state index in [9.17, 15) is 28.8 Å².